The Bertz CT molecular complexity index is 1790. The summed E-state index contributed by atoms with van der Waals surface area (Å²) in [6, 6.07) is 7.26. The fourth-order valence-corrected chi connectivity index (χ4v) is 10.5. The molecule has 2 amide bonds. The Hall–Kier alpha value is -2.04. The standard InChI is InChI=1S/C27H30Cl2N4O6S4/c1-17-21-14-18(28)6-8-23(21)41-27(17)43(38,39)30-15-19-4-2-12-33(19)25(34)16-32-11-3-5-22(26(32)35)31-42(36,37)13-10-20-7-9-24(29)40-20/h6-10,13-14,19,22,30-31H,2-5,11-12,15-16H2,1H3/t19-,22+/m1/s1. The van der Waals surface area contributed by atoms with Crippen LogP contribution in [0.15, 0.2) is 39.9 Å². The van der Waals surface area contributed by atoms with Gasteiger partial charge in [-0.3, -0.25) is 9.59 Å². The van der Waals surface area contributed by atoms with Crippen molar-refractivity contribution in [1.29, 1.82) is 0 Å². The number of carbonyl (C=O) groups is 2. The minimum atomic E-state index is -3.92. The Morgan fingerprint density at radius 1 is 1.07 bits per heavy atom. The van der Waals surface area contributed by atoms with Crippen molar-refractivity contribution in [2.75, 3.05) is 26.2 Å². The first-order valence-electron chi connectivity index (χ1n) is 13.6. The Morgan fingerprint density at radius 3 is 2.58 bits per heavy atom. The number of carbonyl (C=O) groups excluding carboxylic acids is 2. The highest BCUT2D eigenvalue weighted by atomic mass is 35.5. The van der Waals surface area contributed by atoms with Crippen LogP contribution in [0.25, 0.3) is 16.2 Å². The van der Waals surface area contributed by atoms with Gasteiger partial charge in [-0.15, -0.1) is 22.7 Å². The summed E-state index contributed by atoms with van der Waals surface area (Å²) < 4.78 is 58.3. The minimum absolute atomic E-state index is 0.0423. The van der Waals surface area contributed by atoms with Crippen molar-refractivity contribution in [3.8, 4) is 0 Å². The molecule has 2 saturated heterocycles. The second kappa shape index (κ2) is 13.1. The molecule has 4 heterocycles. The molecule has 2 aliphatic heterocycles. The van der Waals surface area contributed by atoms with Crippen molar-refractivity contribution in [1.82, 2.24) is 19.2 Å². The third-order valence-electron chi connectivity index (χ3n) is 7.47. The molecule has 10 nitrogen and oxygen atoms in total. The molecule has 16 heteroatoms. The highest BCUT2D eigenvalue weighted by Gasteiger charge is 2.36. The highest BCUT2D eigenvalue weighted by Crippen LogP contribution is 2.35. The number of nitrogens with one attached hydrogen (secondary N) is 2. The summed E-state index contributed by atoms with van der Waals surface area (Å²) in [4.78, 5) is 30.1. The lowest BCUT2D eigenvalue weighted by molar-refractivity contribution is -0.143. The molecule has 0 bridgehead atoms. The molecule has 0 aliphatic carbocycles. The lowest BCUT2D eigenvalue weighted by Gasteiger charge is -2.34. The van der Waals surface area contributed by atoms with Crippen LogP contribution in [0.1, 0.15) is 36.1 Å². The topological polar surface area (TPSA) is 133 Å². The smallest absolute Gasteiger partial charge is 0.250 e. The maximum atomic E-state index is 13.3. The Balaban J connectivity index is 1.19. The van der Waals surface area contributed by atoms with Gasteiger partial charge in [-0.25, -0.2) is 21.6 Å². The van der Waals surface area contributed by atoms with Crippen molar-refractivity contribution >= 4 is 93.9 Å². The van der Waals surface area contributed by atoms with Gasteiger partial charge in [-0.1, -0.05) is 23.2 Å². The van der Waals surface area contributed by atoms with Crippen molar-refractivity contribution in [2.24, 2.45) is 0 Å². The van der Waals surface area contributed by atoms with Gasteiger partial charge in [0, 0.05) is 45.7 Å². The number of benzene rings is 1. The van der Waals surface area contributed by atoms with Crippen LogP contribution in [-0.4, -0.2) is 76.7 Å². The number of hydrogen-bond donors (Lipinski definition) is 2. The fraction of sp³-hybridized carbons (Fsp3) is 0.407. The monoisotopic (exact) mass is 704 g/mol. The molecule has 5 rings (SSSR count). The van der Waals surface area contributed by atoms with Gasteiger partial charge in [0.2, 0.25) is 31.9 Å². The predicted octanol–water partition coefficient (Wildman–Crippen LogP) is 4.43. The van der Waals surface area contributed by atoms with E-state index in [2.05, 4.69) is 9.44 Å². The van der Waals surface area contributed by atoms with Gasteiger partial charge in [0.1, 0.15) is 10.3 Å². The van der Waals surface area contributed by atoms with Crippen molar-refractivity contribution in [2.45, 2.75) is 48.9 Å². The van der Waals surface area contributed by atoms with Crippen LogP contribution < -0.4 is 9.44 Å². The number of piperidine rings is 1. The molecule has 3 aromatic rings. The van der Waals surface area contributed by atoms with Crippen molar-refractivity contribution in [3.63, 3.8) is 0 Å². The third-order valence-corrected chi connectivity index (χ3v) is 13.3. The zero-order valence-corrected chi connectivity index (χ0v) is 27.9. The number of aryl methyl sites for hydroxylation is 1. The lowest BCUT2D eigenvalue weighted by Crippen LogP contribution is -2.55. The van der Waals surface area contributed by atoms with Crippen molar-refractivity contribution in [3.05, 3.63) is 55.5 Å². The molecule has 0 spiro atoms. The maximum absolute atomic E-state index is 13.3. The molecule has 2 atom stereocenters. The number of rotatable bonds is 10. The molecule has 2 fully saturated rings. The predicted molar refractivity (Wildman–Crippen MR) is 172 cm³/mol. The van der Waals surface area contributed by atoms with E-state index in [9.17, 15) is 26.4 Å². The van der Waals surface area contributed by atoms with E-state index < -0.39 is 32.0 Å². The molecule has 43 heavy (non-hydrogen) atoms. The lowest BCUT2D eigenvalue weighted by atomic mass is 10.1. The van der Waals surface area contributed by atoms with E-state index in [4.69, 9.17) is 23.2 Å². The third kappa shape index (κ3) is 7.61. The number of likely N-dealkylation sites (tertiary alicyclic amines) is 2. The quantitative estimate of drug-likeness (QED) is 0.321. The average Bonchev–Trinajstić information content (AvgIpc) is 3.68. The first kappa shape index (κ1) is 32.4. The van der Waals surface area contributed by atoms with Gasteiger partial charge in [-0.05, 0) is 80.0 Å². The summed E-state index contributed by atoms with van der Waals surface area (Å²) in [5.74, 6) is -0.770. The van der Waals surface area contributed by atoms with Gasteiger partial charge in [-0.2, -0.15) is 4.72 Å². The van der Waals surface area contributed by atoms with E-state index in [0.29, 0.717) is 58.6 Å². The zero-order valence-electron chi connectivity index (χ0n) is 23.1. The first-order chi connectivity index (χ1) is 20.3. The molecule has 232 valence electrons. The molecule has 0 unspecified atom stereocenters. The highest BCUT2D eigenvalue weighted by molar-refractivity contribution is 7.92. The summed E-state index contributed by atoms with van der Waals surface area (Å²) in [5.41, 5.74) is 0.620. The van der Waals surface area contributed by atoms with E-state index in [1.807, 2.05) is 0 Å². The summed E-state index contributed by atoms with van der Waals surface area (Å²) in [5, 5.41) is 2.31. The number of nitrogens with zero attached hydrogens (tertiary/aromatic N) is 2. The Morgan fingerprint density at radius 2 is 1.84 bits per heavy atom. The molecule has 2 aromatic heterocycles. The van der Waals surface area contributed by atoms with E-state index >= 15 is 0 Å². The van der Waals surface area contributed by atoms with E-state index in [0.717, 1.165) is 15.5 Å². The second-order valence-electron chi connectivity index (χ2n) is 10.5. The van der Waals surface area contributed by atoms with Gasteiger partial charge in [0.25, 0.3) is 0 Å². The van der Waals surface area contributed by atoms with Crippen LogP contribution in [0.2, 0.25) is 9.36 Å². The van der Waals surface area contributed by atoms with Gasteiger partial charge < -0.3 is 9.80 Å². The number of sulfonamides is 2. The normalized spacial score (nSPS) is 20.1. The largest absolute Gasteiger partial charge is 0.337 e. The number of amides is 2. The molecular weight excluding hydrogens is 675 g/mol. The second-order valence-corrected chi connectivity index (χ2v) is 17.2. The van der Waals surface area contributed by atoms with Crippen LogP contribution in [0, 0.1) is 6.92 Å². The van der Waals surface area contributed by atoms with E-state index in [1.165, 1.54) is 33.6 Å². The molecule has 1 aromatic carbocycles. The molecule has 2 N–H and O–H groups in total. The van der Waals surface area contributed by atoms with Crippen molar-refractivity contribution < 1.29 is 26.4 Å². The fourth-order valence-electron chi connectivity index (χ4n) is 5.35. The Labute approximate surface area is 268 Å². The molecular formula is C27H30Cl2N4O6S4. The average molecular weight is 706 g/mol. The summed E-state index contributed by atoms with van der Waals surface area (Å²) in [6.07, 6.45) is 3.58. The summed E-state index contributed by atoms with van der Waals surface area (Å²) in [7, 11) is -7.76. The van der Waals surface area contributed by atoms with Crippen LogP contribution >= 0.6 is 45.9 Å². The van der Waals surface area contributed by atoms with Crippen LogP contribution in [0.5, 0.6) is 0 Å². The van der Waals surface area contributed by atoms with E-state index in [-0.39, 0.29) is 29.2 Å². The molecule has 0 radical (unpaired) electrons. The summed E-state index contributed by atoms with van der Waals surface area (Å²) in [6.45, 7) is 2.35. The van der Waals surface area contributed by atoms with E-state index in [1.54, 1.807) is 42.2 Å². The first-order valence-corrected chi connectivity index (χ1v) is 19.0. The summed E-state index contributed by atoms with van der Waals surface area (Å²) >= 11 is 14.4. The van der Waals surface area contributed by atoms with Crippen LogP contribution in [-0.2, 0) is 29.6 Å². The SMILES string of the molecule is Cc1c(S(=O)(=O)NC[C@H]2CCCN2C(=O)CN2CCC[C@H](NS(=O)(=O)C=Cc3ccc(Cl)s3)C2=O)sc2ccc(Cl)cc12. The minimum Gasteiger partial charge on any atom is -0.337 e. The van der Waals surface area contributed by atoms with Crippen LogP contribution in [0.4, 0.5) is 0 Å². The Kier molecular flexibility index (Phi) is 9.88. The van der Waals surface area contributed by atoms with Gasteiger partial charge in [0.05, 0.1) is 10.9 Å². The van der Waals surface area contributed by atoms with Crippen LogP contribution in [0.3, 0.4) is 0 Å². The van der Waals surface area contributed by atoms with Gasteiger partial charge in [0.15, 0.2) is 0 Å². The number of hydrogen-bond acceptors (Lipinski definition) is 8. The number of halogens is 2. The zero-order chi connectivity index (χ0) is 30.9. The molecule has 2 aliphatic rings. The van der Waals surface area contributed by atoms with Gasteiger partial charge >= 0.3 is 0 Å². The molecule has 0 saturated carbocycles. The number of fused-ring (bicyclic) bond motifs is 1. The maximum Gasteiger partial charge on any atom is 0.250 e. The number of thiophene rings is 2.